The molecule has 4 nitrogen and oxygen atoms in total. The van der Waals surface area contributed by atoms with E-state index in [0.29, 0.717) is 10.0 Å². The van der Waals surface area contributed by atoms with Crippen LogP contribution in [0.4, 0.5) is 4.39 Å². The van der Waals surface area contributed by atoms with Gasteiger partial charge in [-0.25, -0.2) is 19.2 Å². The number of carboxylic acids is 1. The highest BCUT2D eigenvalue weighted by atomic mass is 35.5. The number of aromatic carboxylic acids is 1. The van der Waals surface area contributed by atoms with Crippen LogP contribution in [0.3, 0.4) is 0 Å². The minimum absolute atomic E-state index is 0.179. The SMILES string of the molecule is O=C(O)c1cc(F)cnc1Sc1ccc(Cl)cn1. The molecule has 0 radical (unpaired) electrons. The molecule has 2 aromatic rings. The fraction of sp³-hybridized carbons (Fsp3) is 0. The molecule has 0 aliphatic carbocycles. The highest BCUT2D eigenvalue weighted by Crippen LogP contribution is 2.28. The fourth-order valence-electron chi connectivity index (χ4n) is 1.18. The molecule has 18 heavy (non-hydrogen) atoms. The zero-order valence-corrected chi connectivity index (χ0v) is 10.4. The molecule has 0 fully saturated rings. The third-order valence-electron chi connectivity index (χ3n) is 1.95. The van der Waals surface area contributed by atoms with Gasteiger partial charge in [-0.3, -0.25) is 0 Å². The fourth-order valence-corrected chi connectivity index (χ4v) is 2.10. The largest absolute Gasteiger partial charge is 0.478 e. The van der Waals surface area contributed by atoms with E-state index in [1.807, 2.05) is 0 Å². The van der Waals surface area contributed by atoms with E-state index >= 15 is 0 Å². The summed E-state index contributed by atoms with van der Waals surface area (Å²) in [4.78, 5) is 18.7. The predicted molar refractivity (Wildman–Crippen MR) is 64.5 cm³/mol. The minimum Gasteiger partial charge on any atom is -0.478 e. The van der Waals surface area contributed by atoms with Crippen LogP contribution in [-0.2, 0) is 0 Å². The van der Waals surface area contributed by atoms with E-state index in [1.54, 1.807) is 12.1 Å². The molecule has 2 heterocycles. The van der Waals surface area contributed by atoms with Crippen LogP contribution >= 0.6 is 23.4 Å². The zero-order valence-electron chi connectivity index (χ0n) is 8.80. The standard InChI is InChI=1S/C11H6ClFN2O2S/c12-6-1-2-9(14-4-6)18-10-8(11(16)17)3-7(13)5-15-10/h1-5H,(H,16,17). The monoisotopic (exact) mass is 284 g/mol. The molecule has 7 heteroatoms. The molecule has 0 saturated carbocycles. The van der Waals surface area contributed by atoms with Crippen molar-refractivity contribution < 1.29 is 14.3 Å². The van der Waals surface area contributed by atoms with Crippen molar-refractivity contribution in [1.29, 1.82) is 0 Å². The lowest BCUT2D eigenvalue weighted by atomic mass is 10.3. The molecule has 2 rings (SSSR count). The Morgan fingerprint density at radius 1 is 1.33 bits per heavy atom. The molecule has 0 aromatic carbocycles. The van der Waals surface area contributed by atoms with Crippen LogP contribution in [0, 0.1) is 5.82 Å². The average Bonchev–Trinajstić information content (AvgIpc) is 2.34. The Labute approximate surface area is 111 Å². The van der Waals surface area contributed by atoms with Gasteiger partial charge in [-0.2, -0.15) is 0 Å². The molecule has 0 saturated heterocycles. The first kappa shape index (κ1) is 12.8. The summed E-state index contributed by atoms with van der Waals surface area (Å²) in [7, 11) is 0. The number of nitrogens with zero attached hydrogens (tertiary/aromatic N) is 2. The van der Waals surface area contributed by atoms with Gasteiger partial charge in [0.15, 0.2) is 0 Å². The molecule has 0 bridgehead atoms. The van der Waals surface area contributed by atoms with Crippen LogP contribution in [0.25, 0.3) is 0 Å². The van der Waals surface area contributed by atoms with Crippen LogP contribution in [0.2, 0.25) is 5.02 Å². The molecular formula is C11H6ClFN2O2S. The summed E-state index contributed by atoms with van der Waals surface area (Å²) in [6.45, 7) is 0. The summed E-state index contributed by atoms with van der Waals surface area (Å²) in [5.41, 5.74) is -0.197. The Morgan fingerprint density at radius 3 is 2.72 bits per heavy atom. The number of hydrogen-bond donors (Lipinski definition) is 1. The molecule has 2 aromatic heterocycles. The highest BCUT2D eigenvalue weighted by Gasteiger charge is 2.14. The normalized spacial score (nSPS) is 10.3. The quantitative estimate of drug-likeness (QED) is 0.938. The van der Waals surface area contributed by atoms with Crippen LogP contribution < -0.4 is 0 Å². The summed E-state index contributed by atoms with van der Waals surface area (Å²) >= 11 is 6.72. The molecular weight excluding hydrogens is 279 g/mol. The Morgan fingerprint density at radius 2 is 2.11 bits per heavy atom. The van der Waals surface area contributed by atoms with E-state index in [9.17, 15) is 9.18 Å². The Bertz CT molecular complexity index is 592. The molecule has 0 spiro atoms. The topological polar surface area (TPSA) is 63.1 Å². The number of carboxylic acid groups (broad SMARTS) is 1. The lowest BCUT2D eigenvalue weighted by Crippen LogP contribution is -2.02. The van der Waals surface area contributed by atoms with Crippen molar-refractivity contribution in [1.82, 2.24) is 9.97 Å². The number of rotatable bonds is 3. The summed E-state index contributed by atoms with van der Waals surface area (Å²) in [5.74, 6) is -1.93. The predicted octanol–water partition coefficient (Wildman–Crippen LogP) is 3.12. The van der Waals surface area contributed by atoms with Crippen molar-refractivity contribution >= 4 is 29.3 Å². The van der Waals surface area contributed by atoms with Gasteiger partial charge in [-0.05, 0) is 30.0 Å². The summed E-state index contributed by atoms with van der Waals surface area (Å²) < 4.78 is 12.9. The van der Waals surface area contributed by atoms with E-state index in [-0.39, 0.29) is 10.6 Å². The van der Waals surface area contributed by atoms with Gasteiger partial charge in [-0.1, -0.05) is 11.6 Å². The van der Waals surface area contributed by atoms with Gasteiger partial charge in [0, 0.05) is 6.20 Å². The van der Waals surface area contributed by atoms with Gasteiger partial charge in [-0.15, -0.1) is 0 Å². The molecule has 0 aliphatic rings. The molecule has 0 atom stereocenters. The first-order chi connectivity index (χ1) is 8.56. The van der Waals surface area contributed by atoms with Gasteiger partial charge in [0.1, 0.15) is 15.9 Å². The zero-order chi connectivity index (χ0) is 13.1. The lowest BCUT2D eigenvalue weighted by molar-refractivity contribution is 0.0691. The van der Waals surface area contributed by atoms with Gasteiger partial charge < -0.3 is 5.11 Å². The maximum Gasteiger partial charge on any atom is 0.338 e. The Hall–Kier alpha value is -1.66. The van der Waals surface area contributed by atoms with Crippen LogP contribution in [0.15, 0.2) is 40.6 Å². The van der Waals surface area contributed by atoms with E-state index in [0.717, 1.165) is 24.0 Å². The van der Waals surface area contributed by atoms with Crippen molar-refractivity contribution in [3.05, 3.63) is 47.0 Å². The first-order valence-electron chi connectivity index (χ1n) is 4.74. The Balaban J connectivity index is 2.34. The summed E-state index contributed by atoms with van der Waals surface area (Å²) in [6.07, 6.45) is 2.40. The molecule has 92 valence electrons. The van der Waals surface area contributed by atoms with Crippen LogP contribution in [0.5, 0.6) is 0 Å². The second-order valence-corrected chi connectivity index (χ2v) is 4.67. The smallest absolute Gasteiger partial charge is 0.338 e. The van der Waals surface area contributed by atoms with Crippen molar-refractivity contribution in [2.75, 3.05) is 0 Å². The summed E-state index contributed by atoms with van der Waals surface area (Å²) in [5, 5.41) is 10.1. The van der Waals surface area contributed by atoms with Gasteiger partial charge in [0.25, 0.3) is 0 Å². The van der Waals surface area contributed by atoms with E-state index < -0.39 is 11.8 Å². The molecule has 0 unspecified atom stereocenters. The Kier molecular flexibility index (Phi) is 3.78. The second kappa shape index (κ2) is 5.32. The average molecular weight is 285 g/mol. The number of halogens is 2. The number of aromatic nitrogens is 2. The maximum absolute atomic E-state index is 12.9. The number of hydrogen-bond acceptors (Lipinski definition) is 4. The van der Waals surface area contributed by atoms with E-state index in [2.05, 4.69) is 9.97 Å². The molecule has 0 aliphatic heterocycles. The van der Waals surface area contributed by atoms with Gasteiger partial charge in [0.2, 0.25) is 0 Å². The lowest BCUT2D eigenvalue weighted by Gasteiger charge is -2.04. The van der Waals surface area contributed by atoms with Crippen LogP contribution in [-0.4, -0.2) is 21.0 Å². The van der Waals surface area contributed by atoms with Crippen molar-refractivity contribution in [3.63, 3.8) is 0 Å². The minimum atomic E-state index is -1.24. The molecule has 0 amide bonds. The van der Waals surface area contributed by atoms with Crippen molar-refractivity contribution in [3.8, 4) is 0 Å². The second-order valence-electron chi connectivity index (χ2n) is 3.23. The first-order valence-corrected chi connectivity index (χ1v) is 5.94. The van der Waals surface area contributed by atoms with Gasteiger partial charge >= 0.3 is 5.97 Å². The van der Waals surface area contributed by atoms with E-state index in [4.69, 9.17) is 16.7 Å². The number of pyridine rings is 2. The van der Waals surface area contributed by atoms with Crippen molar-refractivity contribution in [2.45, 2.75) is 10.1 Å². The molecule has 1 N–H and O–H groups in total. The highest BCUT2D eigenvalue weighted by molar-refractivity contribution is 7.99. The van der Waals surface area contributed by atoms with Crippen LogP contribution in [0.1, 0.15) is 10.4 Å². The van der Waals surface area contributed by atoms with Gasteiger partial charge in [0.05, 0.1) is 16.8 Å². The maximum atomic E-state index is 12.9. The summed E-state index contributed by atoms with van der Waals surface area (Å²) in [6, 6.07) is 4.18. The van der Waals surface area contributed by atoms with Crippen molar-refractivity contribution in [2.24, 2.45) is 0 Å². The number of carbonyl (C=O) groups is 1. The van der Waals surface area contributed by atoms with E-state index in [1.165, 1.54) is 6.20 Å². The third-order valence-corrected chi connectivity index (χ3v) is 3.14. The third kappa shape index (κ3) is 2.96.